The molecule has 1 aliphatic rings. The molecule has 3 rings (SSSR count). The van der Waals surface area contributed by atoms with Gasteiger partial charge in [-0.05, 0) is 36.0 Å². The summed E-state index contributed by atoms with van der Waals surface area (Å²) < 4.78 is 45.5. The van der Waals surface area contributed by atoms with Gasteiger partial charge in [0.15, 0.2) is 0 Å². The Morgan fingerprint density at radius 3 is 2.32 bits per heavy atom. The quantitative estimate of drug-likeness (QED) is 0.261. The van der Waals surface area contributed by atoms with Gasteiger partial charge in [0.2, 0.25) is 17.7 Å². The number of carbonyl (C=O) groups is 5. The smallest absolute Gasteiger partial charge is 0.372 e. The molecule has 0 radical (unpaired) electrons. The van der Waals surface area contributed by atoms with Gasteiger partial charge in [0, 0.05) is 25.4 Å². The highest BCUT2D eigenvalue weighted by atomic mass is 19.4. The number of aromatic nitrogens is 2. The number of nitrogens with zero attached hydrogens (tertiary/aromatic N) is 3. The predicted octanol–water partition coefficient (Wildman–Crippen LogP) is 2.67. The lowest BCUT2D eigenvalue weighted by molar-refractivity contribution is -0.143. The van der Waals surface area contributed by atoms with E-state index in [1.54, 1.807) is 34.6 Å². The first-order valence-corrected chi connectivity index (χ1v) is 15.4. The van der Waals surface area contributed by atoms with Crippen molar-refractivity contribution in [3.63, 3.8) is 0 Å². The van der Waals surface area contributed by atoms with E-state index in [0.29, 0.717) is 12.7 Å². The third-order valence-electron chi connectivity index (χ3n) is 7.78. The highest BCUT2D eigenvalue weighted by Gasteiger charge is 2.44. The molecular formula is C32H41F3N6O6. The first kappa shape index (κ1) is 37.1. The number of aldehydes is 1. The number of halogens is 3. The molecule has 1 aromatic heterocycles. The Morgan fingerprint density at radius 2 is 1.74 bits per heavy atom. The molecule has 0 unspecified atom stereocenters. The van der Waals surface area contributed by atoms with E-state index in [-0.39, 0.29) is 36.7 Å². The summed E-state index contributed by atoms with van der Waals surface area (Å²) in [6.45, 7) is 8.26. The number of hydrogen-bond donors (Lipinski definition) is 3. The molecule has 0 saturated carbocycles. The Bertz CT molecular complexity index is 1410. The van der Waals surface area contributed by atoms with Gasteiger partial charge in [-0.15, -0.1) is 0 Å². The minimum absolute atomic E-state index is 0.00485. The second kappa shape index (κ2) is 16.4. The molecule has 47 heavy (non-hydrogen) atoms. The van der Waals surface area contributed by atoms with Gasteiger partial charge in [-0.2, -0.15) is 13.2 Å². The van der Waals surface area contributed by atoms with Gasteiger partial charge in [-0.25, -0.2) is 4.98 Å². The number of benzene rings is 1. The molecule has 1 aromatic carbocycles. The first-order valence-electron chi connectivity index (χ1n) is 15.4. The van der Waals surface area contributed by atoms with E-state index in [1.165, 1.54) is 35.6 Å². The summed E-state index contributed by atoms with van der Waals surface area (Å²) in [5, 5.41) is 7.98. The van der Waals surface area contributed by atoms with Crippen LogP contribution in [0.15, 0.2) is 42.9 Å². The van der Waals surface area contributed by atoms with E-state index >= 15 is 0 Å². The number of nitrogens with one attached hydrogen (secondary N) is 3. The molecule has 2 aromatic rings. The Hall–Kier alpha value is -4.40. The van der Waals surface area contributed by atoms with E-state index in [2.05, 4.69) is 25.9 Å². The number of likely N-dealkylation sites (tertiary alicyclic amines) is 1. The van der Waals surface area contributed by atoms with Crippen LogP contribution in [0.5, 0.6) is 0 Å². The van der Waals surface area contributed by atoms with Crippen molar-refractivity contribution in [1.82, 2.24) is 30.8 Å². The fourth-order valence-corrected chi connectivity index (χ4v) is 5.07. The number of ether oxygens (including phenoxy) is 1. The van der Waals surface area contributed by atoms with Gasteiger partial charge in [0.25, 0.3) is 5.91 Å². The third-order valence-corrected chi connectivity index (χ3v) is 7.78. The van der Waals surface area contributed by atoms with E-state index in [4.69, 9.17) is 4.74 Å². The van der Waals surface area contributed by atoms with Gasteiger partial charge in [-0.3, -0.25) is 24.2 Å². The number of amides is 4. The van der Waals surface area contributed by atoms with Crippen molar-refractivity contribution in [1.29, 1.82) is 0 Å². The van der Waals surface area contributed by atoms with Gasteiger partial charge in [0.1, 0.15) is 30.1 Å². The van der Waals surface area contributed by atoms with Crippen LogP contribution in [0.3, 0.4) is 0 Å². The summed E-state index contributed by atoms with van der Waals surface area (Å²) >= 11 is 0. The zero-order valence-electron chi connectivity index (χ0n) is 26.9. The summed E-state index contributed by atoms with van der Waals surface area (Å²) in [7, 11) is 0. The van der Waals surface area contributed by atoms with Crippen LogP contribution in [0.2, 0.25) is 0 Å². The van der Waals surface area contributed by atoms with E-state index in [0.717, 1.165) is 12.1 Å². The molecule has 1 fully saturated rings. The molecule has 15 heteroatoms. The van der Waals surface area contributed by atoms with Crippen molar-refractivity contribution in [3.8, 4) is 0 Å². The average Bonchev–Trinajstić information content (AvgIpc) is 3.47. The molecule has 4 amide bonds. The van der Waals surface area contributed by atoms with Crippen molar-refractivity contribution in [2.45, 2.75) is 90.5 Å². The van der Waals surface area contributed by atoms with Crippen LogP contribution in [0.25, 0.3) is 0 Å². The maximum Gasteiger partial charge on any atom is 0.416 e. The molecule has 12 nitrogen and oxygen atoms in total. The Balaban J connectivity index is 1.81. The summed E-state index contributed by atoms with van der Waals surface area (Å²) in [4.78, 5) is 74.1. The normalized spacial score (nSPS) is 18.4. The third kappa shape index (κ3) is 10.0. The first-order chi connectivity index (χ1) is 22.2. The maximum atomic E-state index is 14.0. The topological polar surface area (TPSA) is 160 Å². The predicted molar refractivity (Wildman–Crippen MR) is 163 cm³/mol. The number of hydrogen-bond acceptors (Lipinski definition) is 8. The zero-order chi connectivity index (χ0) is 34.9. The summed E-state index contributed by atoms with van der Waals surface area (Å²) in [5.41, 5.74) is -0.569. The van der Waals surface area contributed by atoms with Gasteiger partial charge in [0.05, 0.1) is 30.5 Å². The highest BCUT2D eigenvalue weighted by Crippen LogP contribution is 2.30. The molecule has 0 spiro atoms. The van der Waals surface area contributed by atoms with Gasteiger partial charge < -0.3 is 30.4 Å². The van der Waals surface area contributed by atoms with Crippen LogP contribution < -0.4 is 16.0 Å². The maximum absolute atomic E-state index is 14.0. The largest absolute Gasteiger partial charge is 0.416 e. The SMILES string of the molecule is CC[C@@H](C=O)NC(=O)[C@@H]1C[C@@H](OCc2cccc(C(F)(F)F)c2)CN1C(=O)[C@@H](NC(=O)[C@@H](NC(=O)c1cnccn1)C(C)C)C(C)C. The second-order valence-electron chi connectivity index (χ2n) is 12.0. The standard InChI is InChI=1S/C32H41F3N6O6/c1-6-22(16-42)38-29(44)25-13-23(47-17-20-8-7-9-21(12-20)32(33,34)35)15-41(25)31(46)27(19(4)5)40-30(45)26(18(2)3)39-28(43)24-14-36-10-11-37-24/h7-12,14,16,18-19,22-23,25-27H,6,13,15,17H2,1-5H3,(H,38,44)(H,39,43)(H,40,45)/t22-,23+,25-,26-,27-/m0/s1. The molecule has 256 valence electrons. The minimum Gasteiger partial charge on any atom is -0.372 e. The summed E-state index contributed by atoms with van der Waals surface area (Å²) in [5.74, 6) is -3.30. The fourth-order valence-electron chi connectivity index (χ4n) is 5.07. The van der Waals surface area contributed by atoms with Crippen molar-refractivity contribution < 1.29 is 41.9 Å². The summed E-state index contributed by atoms with van der Waals surface area (Å²) in [6.07, 6.45) is -0.380. The van der Waals surface area contributed by atoms with Crippen molar-refractivity contribution in [2.24, 2.45) is 11.8 Å². The van der Waals surface area contributed by atoms with Crippen LogP contribution in [-0.4, -0.2) is 81.6 Å². The molecule has 0 bridgehead atoms. The number of alkyl halides is 3. The fraction of sp³-hybridized carbons (Fsp3) is 0.531. The van der Waals surface area contributed by atoms with Gasteiger partial charge >= 0.3 is 6.18 Å². The van der Waals surface area contributed by atoms with Crippen molar-refractivity contribution in [3.05, 3.63) is 59.7 Å². The molecule has 0 aliphatic carbocycles. The molecular weight excluding hydrogens is 621 g/mol. The number of rotatable bonds is 14. The van der Waals surface area contributed by atoms with Crippen LogP contribution >= 0.6 is 0 Å². The van der Waals surface area contributed by atoms with E-state index in [9.17, 15) is 37.1 Å². The lowest BCUT2D eigenvalue weighted by Crippen LogP contribution is -2.59. The Labute approximate surface area is 271 Å². The van der Waals surface area contributed by atoms with Gasteiger partial charge in [-0.1, -0.05) is 46.8 Å². The minimum atomic E-state index is -4.53. The summed E-state index contributed by atoms with van der Waals surface area (Å²) in [6, 6.07) is 0.613. The molecule has 2 heterocycles. The molecule has 1 aliphatic heterocycles. The lowest BCUT2D eigenvalue weighted by Gasteiger charge is -2.32. The van der Waals surface area contributed by atoms with Crippen LogP contribution in [0.1, 0.15) is 69.1 Å². The van der Waals surface area contributed by atoms with Crippen LogP contribution in [0.4, 0.5) is 13.2 Å². The zero-order valence-corrected chi connectivity index (χ0v) is 26.9. The molecule has 5 atom stereocenters. The van der Waals surface area contributed by atoms with Crippen molar-refractivity contribution >= 4 is 29.9 Å². The van der Waals surface area contributed by atoms with Crippen LogP contribution in [0, 0.1) is 11.8 Å². The Kier molecular flexibility index (Phi) is 13.0. The molecule has 1 saturated heterocycles. The van der Waals surface area contributed by atoms with E-state index < -0.39 is 71.6 Å². The lowest BCUT2D eigenvalue weighted by atomic mass is 9.98. The second-order valence-corrected chi connectivity index (χ2v) is 12.0. The number of carbonyl (C=O) groups excluding carboxylic acids is 5. The average molecular weight is 663 g/mol. The van der Waals surface area contributed by atoms with E-state index in [1.807, 2.05) is 0 Å². The monoisotopic (exact) mass is 662 g/mol. The Morgan fingerprint density at radius 1 is 1.04 bits per heavy atom. The molecule has 3 N–H and O–H groups in total. The van der Waals surface area contributed by atoms with Crippen molar-refractivity contribution in [2.75, 3.05) is 6.54 Å². The highest BCUT2D eigenvalue weighted by molar-refractivity contribution is 5.98. The van der Waals surface area contributed by atoms with Crippen LogP contribution in [-0.2, 0) is 36.7 Å².